The van der Waals surface area contributed by atoms with Crippen molar-refractivity contribution in [2.75, 3.05) is 0 Å². The zero-order valence-corrected chi connectivity index (χ0v) is 10.3. The molecule has 0 spiro atoms. The molecule has 0 aliphatic rings. The first-order valence-electron chi connectivity index (χ1n) is 5.18. The largest absolute Gasteiger partial charge is 0.451 e. The van der Waals surface area contributed by atoms with Gasteiger partial charge in [0, 0.05) is 6.20 Å². The molecule has 0 amide bonds. The molecule has 0 bridgehead atoms. The van der Waals surface area contributed by atoms with E-state index in [9.17, 15) is 26.3 Å². The molecule has 0 saturated heterocycles. The lowest BCUT2D eigenvalue weighted by Crippen LogP contribution is -2.16. The summed E-state index contributed by atoms with van der Waals surface area (Å²) < 4.78 is 71.3. The van der Waals surface area contributed by atoms with E-state index in [1.165, 1.54) is 0 Å². The predicted molar refractivity (Wildman–Crippen MR) is 54.7 cm³/mol. The molecule has 1 aromatic rings. The first-order chi connectivity index (χ1) is 8.21. The first kappa shape index (κ1) is 19.0. The average Bonchev–Trinajstić information content (AvgIpc) is 2.32. The fourth-order valence-electron chi connectivity index (χ4n) is 0.653. The monoisotopic (exact) mass is 276 g/mol. The highest BCUT2D eigenvalue weighted by Crippen LogP contribution is 2.30. The number of alkyl halides is 6. The third-order valence-corrected chi connectivity index (χ3v) is 1.20. The SMILES string of the molecule is CC.CC.FC(F)(F)c1ccnc(C(F)(F)F)n1. The average molecular weight is 276 g/mol. The Balaban J connectivity index is 0. The lowest BCUT2D eigenvalue weighted by atomic mass is 10.4. The van der Waals surface area contributed by atoms with Crippen LogP contribution in [0.25, 0.3) is 0 Å². The van der Waals surface area contributed by atoms with Crippen molar-refractivity contribution in [1.29, 1.82) is 0 Å². The molecule has 0 N–H and O–H groups in total. The predicted octanol–water partition coefficient (Wildman–Crippen LogP) is 4.57. The summed E-state index contributed by atoms with van der Waals surface area (Å²) in [6.45, 7) is 8.00. The van der Waals surface area contributed by atoms with Crippen LogP contribution in [0.2, 0.25) is 0 Å². The van der Waals surface area contributed by atoms with Gasteiger partial charge in [-0.2, -0.15) is 26.3 Å². The third kappa shape index (κ3) is 6.41. The van der Waals surface area contributed by atoms with E-state index >= 15 is 0 Å². The van der Waals surface area contributed by atoms with Crippen LogP contribution in [0.3, 0.4) is 0 Å². The van der Waals surface area contributed by atoms with E-state index < -0.39 is 23.9 Å². The van der Waals surface area contributed by atoms with Crippen molar-refractivity contribution < 1.29 is 26.3 Å². The second-order valence-electron chi connectivity index (χ2n) is 2.26. The fourth-order valence-corrected chi connectivity index (χ4v) is 0.653. The highest BCUT2D eigenvalue weighted by molar-refractivity contribution is 5.07. The molecule has 0 unspecified atom stereocenters. The molecule has 0 saturated carbocycles. The van der Waals surface area contributed by atoms with Crippen molar-refractivity contribution in [2.45, 2.75) is 40.0 Å². The van der Waals surface area contributed by atoms with Crippen molar-refractivity contribution in [2.24, 2.45) is 0 Å². The summed E-state index contributed by atoms with van der Waals surface area (Å²) >= 11 is 0. The number of nitrogens with zero attached hydrogens (tertiary/aromatic N) is 2. The van der Waals surface area contributed by atoms with Gasteiger partial charge < -0.3 is 0 Å². The van der Waals surface area contributed by atoms with E-state index in [1.807, 2.05) is 27.7 Å². The summed E-state index contributed by atoms with van der Waals surface area (Å²) in [5.41, 5.74) is -1.61. The topological polar surface area (TPSA) is 25.8 Å². The van der Waals surface area contributed by atoms with E-state index in [0.29, 0.717) is 12.3 Å². The quantitative estimate of drug-likeness (QED) is 0.649. The second kappa shape index (κ2) is 7.88. The molecular weight excluding hydrogens is 262 g/mol. The molecule has 0 aliphatic carbocycles. The third-order valence-electron chi connectivity index (χ3n) is 1.20. The molecule has 8 heteroatoms. The summed E-state index contributed by atoms with van der Waals surface area (Å²) in [5, 5.41) is 0. The van der Waals surface area contributed by atoms with Gasteiger partial charge in [0.1, 0.15) is 5.69 Å². The van der Waals surface area contributed by atoms with Crippen molar-refractivity contribution in [1.82, 2.24) is 9.97 Å². The molecule has 106 valence electrons. The Morgan fingerprint density at radius 2 is 1.28 bits per heavy atom. The standard InChI is InChI=1S/C6H2F6N2.2C2H6/c7-5(8,9)3-1-2-13-4(14-3)6(10,11)12;2*1-2/h1-2H;2*1-2H3. The van der Waals surface area contributed by atoms with Gasteiger partial charge >= 0.3 is 12.4 Å². The van der Waals surface area contributed by atoms with Crippen LogP contribution in [0.5, 0.6) is 0 Å². The Morgan fingerprint density at radius 3 is 1.61 bits per heavy atom. The molecule has 1 aromatic heterocycles. The summed E-state index contributed by atoms with van der Waals surface area (Å²) in [6, 6.07) is 0.370. The molecule has 1 rings (SSSR count). The van der Waals surface area contributed by atoms with Gasteiger partial charge in [-0.1, -0.05) is 27.7 Å². The fraction of sp³-hybridized carbons (Fsp3) is 0.600. The van der Waals surface area contributed by atoms with Gasteiger partial charge in [0.25, 0.3) is 0 Å². The Bertz CT molecular complexity index is 303. The van der Waals surface area contributed by atoms with E-state index in [1.54, 1.807) is 0 Å². The van der Waals surface area contributed by atoms with Crippen LogP contribution in [0.4, 0.5) is 26.3 Å². The maximum Gasteiger partial charge on any atom is 0.451 e. The highest BCUT2D eigenvalue weighted by atomic mass is 19.4. The van der Waals surface area contributed by atoms with Gasteiger partial charge in [0.15, 0.2) is 0 Å². The van der Waals surface area contributed by atoms with Gasteiger partial charge in [0.05, 0.1) is 0 Å². The van der Waals surface area contributed by atoms with Crippen molar-refractivity contribution >= 4 is 0 Å². The molecular formula is C10H14F6N2. The minimum Gasteiger partial charge on any atom is -0.233 e. The summed E-state index contributed by atoms with van der Waals surface area (Å²) in [6.07, 6.45) is -9.46. The van der Waals surface area contributed by atoms with E-state index in [0.717, 1.165) is 0 Å². The zero-order valence-electron chi connectivity index (χ0n) is 10.3. The molecule has 0 aromatic carbocycles. The first-order valence-corrected chi connectivity index (χ1v) is 5.18. The van der Waals surface area contributed by atoms with Gasteiger partial charge in [0.2, 0.25) is 5.82 Å². The smallest absolute Gasteiger partial charge is 0.233 e. The molecule has 2 nitrogen and oxygen atoms in total. The van der Waals surface area contributed by atoms with Gasteiger partial charge in [-0.3, -0.25) is 0 Å². The summed E-state index contributed by atoms with van der Waals surface area (Å²) in [4.78, 5) is 5.04. The van der Waals surface area contributed by atoms with Crippen molar-refractivity contribution in [3.8, 4) is 0 Å². The minimum absolute atomic E-state index is 0.370. The van der Waals surface area contributed by atoms with Crippen LogP contribution in [0.15, 0.2) is 12.3 Å². The Kier molecular flexibility index (Phi) is 8.33. The van der Waals surface area contributed by atoms with E-state index in [4.69, 9.17) is 0 Å². The Morgan fingerprint density at radius 1 is 0.833 bits per heavy atom. The molecule has 0 fully saturated rings. The highest BCUT2D eigenvalue weighted by Gasteiger charge is 2.39. The number of aromatic nitrogens is 2. The van der Waals surface area contributed by atoms with Crippen LogP contribution >= 0.6 is 0 Å². The van der Waals surface area contributed by atoms with Gasteiger partial charge in [-0.15, -0.1) is 0 Å². The Hall–Kier alpha value is -1.34. The van der Waals surface area contributed by atoms with E-state index in [-0.39, 0.29) is 0 Å². The molecule has 0 aliphatic heterocycles. The van der Waals surface area contributed by atoms with Crippen molar-refractivity contribution in [3.05, 3.63) is 23.8 Å². The second-order valence-corrected chi connectivity index (χ2v) is 2.26. The lowest BCUT2D eigenvalue weighted by Gasteiger charge is -2.08. The van der Waals surface area contributed by atoms with Crippen LogP contribution in [0, 0.1) is 0 Å². The summed E-state index contributed by atoms with van der Waals surface area (Å²) in [7, 11) is 0. The van der Waals surface area contributed by atoms with Gasteiger partial charge in [-0.25, -0.2) is 9.97 Å². The van der Waals surface area contributed by atoms with Crippen LogP contribution in [0.1, 0.15) is 39.2 Å². The van der Waals surface area contributed by atoms with Crippen molar-refractivity contribution in [3.63, 3.8) is 0 Å². The molecule has 0 radical (unpaired) electrons. The number of hydrogen-bond acceptors (Lipinski definition) is 2. The number of rotatable bonds is 0. The van der Waals surface area contributed by atoms with Gasteiger partial charge in [-0.05, 0) is 6.07 Å². The lowest BCUT2D eigenvalue weighted by molar-refractivity contribution is -0.152. The molecule has 0 atom stereocenters. The van der Waals surface area contributed by atoms with Crippen LogP contribution in [-0.2, 0) is 12.4 Å². The maximum atomic E-state index is 11.9. The Labute approximate surface area is 101 Å². The molecule has 18 heavy (non-hydrogen) atoms. The van der Waals surface area contributed by atoms with Crippen LogP contribution in [-0.4, -0.2) is 9.97 Å². The number of hydrogen-bond donors (Lipinski definition) is 0. The van der Waals surface area contributed by atoms with Crippen LogP contribution < -0.4 is 0 Å². The minimum atomic E-state index is -4.97. The maximum absolute atomic E-state index is 11.9. The normalized spacial score (nSPS) is 10.8. The molecule has 1 heterocycles. The van der Waals surface area contributed by atoms with E-state index in [2.05, 4.69) is 9.97 Å². The zero-order chi connectivity index (χ0) is 15.0. The number of halogens is 6. The summed E-state index contributed by atoms with van der Waals surface area (Å²) in [5.74, 6) is -1.80.